The molecular formula is C4H13Al. The Labute approximate surface area is 41.3 Å². The van der Waals surface area contributed by atoms with E-state index in [4.69, 9.17) is 0 Å². The molecule has 32 valence electrons. The molecular weight excluding hydrogens is 75.0 g/mol. The van der Waals surface area contributed by atoms with E-state index in [2.05, 4.69) is 11.6 Å². The van der Waals surface area contributed by atoms with Gasteiger partial charge in [-0.3, -0.25) is 0 Å². The summed E-state index contributed by atoms with van der Waals surface area (Å²) in [5.74, 6) is 4.53. The van der Waals surface area contributed by atoms with Crippen LogP contribution in [-0.4, -0.2) is 15.2 Å². The van der Waals surface area contributed by atoms with Gasteiger partial charge in [0.05, 0.1) is 0 Å². The smallest absolute Gasteiger partial charge is 0.109 e. The number of hydrogen-bond donors (Lipinski definition) is 0. The summed E-state index contributed by atoms with van der Waals surface area (Å²) < 4.78 is 0. The Morgan fingerprint density at radius 1 is 1.00 bits per heavy atom. The van der Waals surface area contributed by atoms with Crippen molar-refractivity contribution in [3.8, 4) is 0 Å². The lowest BCUT2D eigenvalue weighted by molar-refractivity contribution is 1.50. The molecule has 0 bridgehead atoms. The maximum absolute atomic E-state index is 2.26. The van der Waals surface area contributed by atoms with Crippen LogP contribution in [-0.2, 0) is 0 Å². The maximum atomic E-state index is 2.26. The second-order valence-corrected chi connectivity index (χ2v) is 2.12. The van der Waals surface area contributed by atoms with E-state index in [0.29, 0.717) is 15.2 Å². The molecule has 5 heavy (non-hydrogen) atoms. The van der Waals surface area contributed by atoms with Crippen molar-refractivity contribution in [3.63, 3.8) is 0 Å². The Hall–Kier alpha value is 0.532. The first-order chi connectivity index (χ1) is 2.41. The highest BCUT2D eigenvalue weighted by Crippen LogP contribution is 1.36. The van der Waals surface area contributed by atoms with E-state index in [1.807, 2.05) is 13.8 Å². The molecule has 0 radical (unpaired) electrons. The summed E-state index contributed by atoms with van der Waals surface area (Å²) in [6, 6.07) is 0. The molecule has 0 spiro atoms. The van der Waals surface area contributed by atoms with Crippen LogP contribution in [0.2, 0.25) is 11.6 Å². The van der Waals surface area contributed by atoms with Gasteiger partial charge in [-0.15, -0.1) is 11.6 Å². The van der Waals surface area contributed by atoms with Crippen LogP contribution in [0.15, 0.2) is 0 Å². The predicted octanol–water partition coefficient (Wildman–Crippen LogP) is 1.55. The van der Waals surface area contributed by atoms with Gasteiger partial charge in [0.25, 0.3) is 0 Å². The molecule has 1 heteroatoms. The molecule has 0 atom stereocenters. The molecule has 0 fully saturated rings. The zero-order valence-corrected chi connectivity index (χ0v) is 6.12. The largest absolute Gasteiger partial charge is 0.229 e. The van der Waals surface area contributed by atoms with Crippen molar-refractivity contribution in [3.05, 3.63) is 0 Å². The molecule has 0 aliphatic heterocycles. The standard InChI is InChI=1S/C2H6.2CH3.Al.H/c1-2;;;;/h1-2H3;2*1H3;;. The van der Waals surface area contributed by atoms with Gasteiger partial charge in [0, 0.05) is 0 Å². The van der Waals surface area contributed by atoms with Crippen molar-refractivity contribution in [2.24, 2.45) is 0 Å². The summed E-state index contributed by atoms with van der Waals surface area (Å²) in [6.07, 6.45) is 0. The molecule has 0 nitrogen and oxygen atoms in total. The monoisotopic (exact) mass is 88.1 g/mol. The highest BCUT2D eigenvalue weighted by atomic mass is 27.1. The van der Waals surface area contributed by atoms with Crippen LogP contribution < -0.4 is 0 Å². The maximum Gasteiger partial charge on any atom is 0.229 e. The van der Waals surface area contributed by atoms with E-state index >= 15 is 0 Å². The average molecular weight is 88.1 g/mol. The molecule has 0 aromatic carbocycles. The van der Waals surface area contributed by atoms with Gasteiger partial charge in [-0.2, -0.15) is 0 Å². The Bertz CT molecular complexity index is 3.61. The third-order valence-electron chi connectivity index (χ3n) is 0. The minimum Gasteiger partial charge on any atom is -0.109 e. The molecule has 0 heterocycles. The summed E-state index contributed by atoms with van der Waals surface area (Å²) in [5.41, 5.74) is 0. The third kappa shape index (κ3) is 103. The van der Waals surface area contributed by atoms with Crippen LogP contribution in [0.25, 0.3) is 0 Å². The molecule has 0 rings (SSSR count). The van der Waals surface area contributed by atoms with Crippen molar-refractivity contribution < 1.29 is 0 Å². The fourth-order valence-electron chi connectivity index (χ4n) is 0. The predicted molar refractivity (Wildman–Crippen MR) is 30.2 cm³/mol. The Kier molecular flexibility index (Phi) is 43.9. The fourth-order valence-corrected chi connectivity index (χ4v) is 0. The quantitative estimate of drug-likeness (QED) is 0.394. The van der Waals surface area contributed by atoms with E-state index in [1.165, 1.54) is 0 Å². The highest BCUT2D eigenvalue weighted by Gasteiger charge is 1.48. The first-order valence-corrected chi connectivity index (χ1v) is 5.24. The minimum absolute atomic E-state index is 0.417. The Balaban J connectivity index is 0. The molecule has 0 unspecified atom stereocenters. The first-order valence-electron chi connectivity index (χ1n) is 2.41. The zero-order valence-electron chi connectivity index (χ0n) is 4.71. The second-order valence-electron chi connectivity index (χ2n) is 0.707. The minimum atomic E-state index is 0.417. The van der Waals surface area contributed by atoms with E-state index < -0.39 is 0 Å². The van der Waals surface area contributed by atoms with Gasteiger partial charge in [0.1, 0.15) is 0 Å². The fraction of sp³-hybridized carbons (Fsp3) is 1.00. The van der Waals surface area contributed by atoms with E-state index in [-0.39, 0.29) is 0 Å². The molecule has 0 amide bonds. The van der Waals surface area contributed by atoms with Gasteiger partial charge in [0.2, 0.25) is 15.2 Å². The molecule has 0 aliphatic carbocycles. The zero-order chi connectivity index (χ0) is 4.71. The molecule has 0 N–H and O–H groups in total. The van der Waals surface area contributed by atoms with Crippen LogP contribution in [0.3, 0.4) is 0 Å². The summed E-state index contributed by atoms with van der Waals surface area (Å²) in [7, 11) is 0. The van der Waals surface area contributed by atoms with Crippen molar-refractivity contribution >= 4 is 15.2 Å². The summed E-state index contributed by atoms with van der Waals surface area (Å²) in [4.78, 5) is 0. The van der Waals surface area contributed by atoms with Gasteiger partial charge in [-0.05, 0) is 0 Å². The highest BCUT2D eigenvalue weighted by molar-refractivity contribution is 6.31. The van der Waals surface area contributed by atoms with Crippen molar-refractivity contribution in [1.29, 1.82) is 0 Å². The summed E-state index contributed by atoms with van der Waals surface area (Å²) in [6.45, 7) is 4.00. The average Bonchev–Trinajstić information content (AvgIpc) is 1.46. The lowest BCUT2D eigenvalue weighted by Gasteiger charge is -1.36. The Morgan fingerprint density at radius 3 is 1.00 bits per heavy atom. The SMILES string of the molecule is CC.[CH3][AlH][CH3]. The van der Waals surface area contributed by atoms with Crippen LogP contribution in [0.5, 0.6) is 0 Å². The van der Waals surface area contributed by atoms with Crippen molar-refractivity contribution in [2.75, 3.05) is 0 Å². The van der Waals surface area contributed by atoms with E-state index in [1.54, 1.807) is 0 Å². The molecule has 0 saturated carbocycles. The lowest BCUT2D eigenvalue weighted by Crippen LogP contribution is -1.53. The van der Waals surface area contributed by atoms with Gasteiger partial charge in [0.15, 0.2) is 0 Å². The van der Waals surface area contributed by atoms with Gasteiger partial charge >= 0.3 is 0 Å². The Morgan fingerprint density at radius 2 is 1.00 bits per heavy atom. The molecule has 0 aliphatic rings. The third-order valence-corrected chi connectivity index (χ3v) is 0. The molecule has 0 saturated heterocycles. The number of rotatable bonds is 0. The van der Waals surface area contributed by atoms with Crippen molar-refractivity contribution in [1.82, 2.24) is 0 Å². The number of hydrogen-bond acceptors (Lipinski definition) is 0. The van der Waals surface area contributed by atoms with Gasteiger partial charge < -0.3 is 0 Å². The summed E-state index contributed by atoms with van der Waals surface area (Å²) >= 11 is 0.417. The van der Waals surface area contributed by atoms with Crippen LogP contribution in [0.4, 0.5) is 0 Å². The van der Waals surface area contributed by atoms with Gasteiger partial charge in [-0.25, -0.2) is 0 Å². The normalized spacial score (nSPS) is 4.00. The summed E-state index contributed by atoms with van der Waals surface area (Å²) in [5, 5.41) is 0. The second kappa shape index (κ2) is 24.1. The molecule has 0 aromatic rings. The van der Waals surface area contributed by atoms with Crippen LogP contribution >= 0.6 is 0 Å². The van der Waals surface area contributed by atoms with E-state index in [0.717, 1.165) is 0 Å². The van der Waals surface area contributed by atoms with Crippen molar-refractivity contribution in [2.45, 2.75) is 25.4 Å². The molecule has 0 aromatic heterocycles. The first kappa shape index (κ1) is 9.11. The van der Waals surface area contributed by atoms with E-state index in [9.17, 15) is 0 Å². The van der Waals surface area contributed by atoms with Crippen LogP contribution in [0.1, 0.15) is 13.8 Å². The van der Waals surface area contributed by atoms with Crippen LogP contribution in [0, 0.1) is 0 Å². The van der Waals surface area contributed by atoms with Gasteiger partial charge in [-0.1, -0.05) is 13.8 Å². The lowest BCUT2D eigenvalue weighted by atomic mass is 11.0. The topological polar surface area (TPSA) is 0 Å².